The van der Waals surface area contributed by atoms with Gasteiger partial charge < -0.3 is 10.5 Å². The lowest BCUT2D eigenvalue weighted by Crippen LogP contribution is -1.97. The van der Waals surface area contributed by atoms with E-state index in [9.17, 15) is 4.79 Å². The lowest BCUT2D eigenvalue weighted by molar-refractivity contribution is -0.108. The first-order valence-corrected chi connectivity index (χ1v) is 3.93. The number of hydrogen-bond acceptors (Lipinski definition) is 3. The quantitative estimate of drug-likeness (QED) is 0.545. The molecule has 1 aromatic rings. The van der Waals surface area contributed by atoms with Crippen molar-refractivity contribution in [1.29, 1.82) is 5.26 Å². The van der Waals surface area contributed by atoms with Gasteiger partial charge >= 0.3 is 0 Å². The van der Waals surface area contributed by atoms with Gasteiger partial charge in [-0.25, -0.2) is 0 Å². The van der Waals surface area contributed by atoms with Gasteiger partial charge in [-0.05, 0) is 23.8 Å². The first-order valence-electron chi connectivity index (χ1n) is 3.93. The van der Waals surface area contributed by atoms with Crippen LogP contribution < -0.4 is 5.73 Å². The van der Waals surface area contributed by atoms with E-state index in [1.165, 1.54) is 0 Å². The molecule has 0 aromatic heterocycles. The molecule has 1 atom stereocenters. The number of nitrogens with two attached hydrogens (primary N) is 1. The molecular formula is C10H10N2O. The van der Waals surface area contributed by atoms with Crippen LogP contribution in [0.5, 0.6) is 0 Å². The Kier molecular flexibility index (Phi) is 2.65. The van der Waals surface area contributed by atoms with Crippen LogP contribution in [0.2, 0.25) is 0 Å². The number of nitriles is 1. The van der Waals surface area contributed by atoms with E-state index in [2.05, 4.69) is 0 Å². The van der Waals surface area contributed by atoms with E-state index in [1.54, 1.807) is 25.1 Å². The Morgan fingerprint density at radius 1 is 1.54 bits per heavy atom. The highest BCUT2D eigenvalue weighted by Crippen LogP contribution is 2.18. The normalized spacial score (nSPS) is 11.7. The molecule has 0 fully saturated rings. The predicted molar refractivity (Wildman–Crippen MR) is 50.0 cm³/mol. The maximum absolute atomic E-state index is 10.5. The van der Waals surface area contributed by atoms with E-state index in [0.717, 1.165) is 11.8 Å². The molecule has 13 heavy (non-hydrogen) atoms. The largest absolute Gasteiger partial charge is 0.399 e. The van der Waals surface area contributed by atoms with Gasteiger partial charge in [-0.1, -0.05) is 6.92 Å². The zero-order valence-electron chi connectivity index (χ0n) is 7.32. The van der Waals surface area contributed by atoms with E-state index in [-0.39, 0.29) is 5.92 Å². The molecule has 0 aliphatic carbocycles. The van der Waals surface area contributed by atoms with Gasteiger partial charge in [0.15, 0.2) is 0 Å². The van der Waals surface area contributed by atoms with Gasteiger partial charge in [-0.2, -0.15) is 5.26 Å². The second-order valence-corrected chi connectivity index (χ2v) is 2.92. The number of benzene rings is 1. The number of hydrogen-bond donors (Lipinski definition) is 1. The average molecular weight is 174 g/mol. The first-order chi connectivity index (χ1) is 6.17. The van der Waals surface area contributed by atoms with Crippen LogP contribution in [0, 0.1) is 11.3 Å². The topological polar surface area (TPSA) is 66.9 Å². The Morgan fingerprint density at radius 2 is 2.23 bits per heavy atom. The zero-order valence-corrected chi connectivity index (χ0v) is 7.32. The van der Waals surface area contributed by atoms with Gasteiger partial charge in [0.2, 0.25) is 0 Å². The lowest BCUT2D eigenvalue weighted by Gasteiger charge is -2.05. The van der Waals surface area contributed by atoms with Crippen LogP contribution in [0.4, 0.5) is 5.69 Å². The third-order valence-electron chi connectivity index (χ3n) is 1.84. The molecule has 1 aromatic carbocycles. The van der Waals surface area contributed by atoms with E-state index < -0.39 is 0 Å². The van der Waals surface area contributed by atoms with Gasteiger partial charge in [-0.15, -0.1) is 0 Å². The third-order valence-corrected chi connectivity index (χ3v) is 1.84. The summed E-state index contributed by atoms with van der Waals surface area (Å²) in [7, 11) is 0. The minimum absolute atomic E-state index is 0.212. The highest BCUT2D eigenvalue weighted by Gasteiger charge is 2.05. The molecule has 1 unspecified atom stereocenters. The summed E-state index contributed by atoms with van der Waals surface area (Å²) in [5.74, 6) is -0.212. The van der Waals surface area contributed by atoms with E-state index in [0.29, 0.717) is 11.3 Å². The summed E-state index contributed by atoms with van der Waals surface area (Å²) in [6.07, 6.45) is 0.829. The van der Waals surface area contributed by atoms with Crippen LogP contribution in [-0.2, 0) is 4.79 Å². The van der Waals surface area contributed by atoms with Crippen molar-refractivity contribution in [2.24, 2.45) is 0 Å². The summed E-state index contributed by atoms with van der Waals surface area (Å²) in [4.78, 5) is 10.5. The summed E-state index contributed by atoms with van der Waals surface area (Å²) in [6, 6.07) is 6.96. The van der Waals surface area contributed by atoms with Crippen LogP contribution in [0.1, 0.15) is 24.0 Å². The minimum atomic E-state index is -0.212. The van der Waals surface area contributed by atoms with Crippen LogP contribution in [0.3, 0.4) is 0 Å². The maximum atomic E-state index is 10.5. The van der Waals surface area contributed by atoms with Crippen molar-refractivity contribution in [3.8, 4) is 6.07 Å². The number of carbonyl (C=O) groups excluding carboxylic acids is 1. The second kappa shape index (κ2) is 3.72. The van der Waals surface area contributed by atoms with Crippen molar-refractivity contribution in [1.82, 2.24) is 0 Å². The van der Waals surface area contributed by atoms with Gasteiger partial charge in [0.25, 0.3) is 0 Å². The number of anilines is 1. The second-order valence-electron chi connectivity index (χ2n) is 2.92. The molecule has 0 spiro atoms. The smallest absolute Gasteiger partial charge is 0.127 e. The van der Waals surface area contributed by atoms with Crippen LogP contribution in [-0.4, -0.2) is 6.29 Å². The molecule has 0 saturated carbocycles. The van der Waals surface area contributed by atoms with Gasteiger partial charge in [0.1, 0.15) is 6.29 Å². The van der Waals surface area contributed by atoms with Crippen LogP contribution in [0.15, 0.2) is 18.2 Å². The van der Waals surface area contributed by atoms with Gasteiger partial charge in [0.05, 0.1) is 11.6 Å². The standard InChI is InChI=1S/C10H10N2O/c1-7(6-13)9-2-8(5-11)3-10(12)4-9/h2-4,6-7H,12H2,1H3. The van der Waals surface area contributed by atoms with Crippen molar-refractivity contribution in [2.45, 2.75) is 12.8 Å². The predicted octanol–water partition coefficient (Wildman–Crippen LogP) is 1.44. The Bertz CT molecular complexity index is 366. The number of nitrogens with zero attached hydrogens (tertiary/aromatic N) is 1. The minimum Gasteiger partial charge on any atom is -0.399 e. The molecule has 0 amide bonds. The molecule has 0 saturated heterocycles. The Balaban J connectivity index is 3.17. The summed E-state index contributed by atoms with van der Waals surface area (Å²) < 4.78 is 0. The molecule has 3 heteroatoms. The molecule has 3 nitrogen and oxygen atoms in total. The number of aldehydes is 1. The van der Waals surface area contributed by atoms with Crippen LogP contribution in [0.25, 0.3) is 0 Å². The summed E-state index contributed by atoms with van der Waals surface area (Å²) in [5, 5.41) is 8.65. The molecule has 0 aliphatic heterocycles. The fourth-order valence-corrected chi connectivity index (χ4v) is 1.08. The van der Waals surface area contributed by atoms with E-state index in [1.807, 2.05) is 6.07 Å². The maximum Gasteiger partial charge on any atom is 0.127 e. The molecule has 66 valence electrons. The lowest BCUT2D eigenvalue weighted by atomic mass is 10.00. The fourth-order valence-electron chi connectivity index (χ4n) is 1.08. The molecule has 0 aliphatic rings. The Morgan fingerprint density at radius 3 is 2.77 bits per heavy atom. The highest BCUT2D eigenvalue weighted by atomic mass is 16.1. The first kappa shape index (κ1) is 9.27. The van der Waals surface area contributed by atoms with Crippen molar-refractivity contribution >= 4 is 12.0 Å². The van der Waals surface area contributed by atoms with Gasteiger partial charge in [-0.3, -0.25) is 0 Å². The zero-order chi connectivity index (χ0) is 9.84. The van der Waals surface area contributed by atoms with E-state index in [4.69, 9.17) is 11.0 Å². The molecule has 2 N–H and O–H groups in total. The highest BCUT2D eigenvalue weighted by molar-refractivity contribution is 5.64. The number of nitrogen functional groups attached to an aromatic ring is 1. The SMILES string of the molecule is CC(C=O)c1cc(N)cc(C#N)c1. The van der Waals surface area contributed by atoms with Crippen molar-refractivity contribution in [3.05, 3.63) is 29.3 Å². The third kappa shape index (κ3) is 2.06. The summed E-state index contributed by atoms with van der Waals surface area (Å²) >= 11 is 0. The van der Waals surface area contributed by atoms with Gasteiger partial charge in [0, 0.05) is 11.6 Å². The molecule has 1 rings (SSSR count). The van der Waals surface area contributed by atoms with Crippen LogP contribution >= 0.6 is 0 Å². The number of carbonyl (C=O) groups is 1. The molecule has 0 bridgehead atoms. The molecule has 0 heterocycles. The molecular weight excluding hydrogens is 164 g/mol. The monoisotopic (exact) mass is 174 g/mol. The average Bonchev–Trinajstić information content (AvgIpc) is 2.15. The Hall–Kier alpha value is -1.82. The van der Waals surface area contributed by atoms with Crippen molar-refractivity contribution < 1.29 is 4.79 Å². The van der Waals surface area contributed by atoms with Crippen molar-refractivity contribution in [2.75, 3.05) is 5.73 Å². The fraction of sp³-hybridized carbons (Fsp3) is 0.200. The van der Waals surface area contributed by atoms with Crippen molar-refractivity contribution in [3.63, 3.8) is 0 Å². The van der Waals surface area contributed by atoms with E-state index >= 15 is 0 Å². The number of rotatable bonds is 2. The summed E-state index contributed by atoms with van der Waals surface area (Å²) in [6.45, 7) is 1.77. The Labute approximate surface area is 76.8 Å². The molecule has 0 radical (unpaired) electrons. The summed E-state index contributed by atoms with van der Waals surface area (Å²) in [5.41, 5.74) is 7.35.